The summed E-state index contributed by atoms with van der Waals surface area (Å²) in [6.45, 7) is 4.77. The van der Waals surface area contributed by atoms with Crippen LogP contribution in [0.15, 0.2) is 12.1 Å². The van der Waals surface area contributed by atoms with Gasteiger partial charge >= 0.3 is 5.97 Å². The van der Waals surface area contributed by atoms with E-state index in [-0.39, 0.29) is 31.8 Å². The van der Waals surface area contributed by atoms with Gasteiger partial charge in [0.2, 0.25) is 24.4 Å². The highest BCUT2D eigenvalue weighted by Gasteiger charge is 2.48. The highest BCUT2D eigenvalue weighted by atomic mass is 16.7. The largest absolute Gasteiger partial charge is 0.493 e. The Bertz CT molecular complexity index is 1040. The summed E-state index contributed by atoms with van der Waals surface area (Å²) >= 11 is 0. The van der Waals surface area contributed by atoms with Gasteiger partial charge in [-0.2, -0.15) is 0 Å². The van der Waals surface area contributed by atoms with Gasteiger partial charge in [-0.25, -0.2) is 0 Å². The van der Waals surface area contributed by atoms with Crippen LogP contribution in [0, 0.1) is 5.92 Å². The molecule has 3 heterocycles. The number of amides is 2. The number of unbranched alkanes of at least 4 members (excludes halogenated alkanes) is 1. The fourth-order valence-electron chi connectivity index (χ4n) is 6.19. The number of benzene rings is 1. The molecule has 0 bridgehead atoms. The highest BCUT2D eigenvalue weighted by molar-refractivity contribution is 5.79. The number of nitrogens with zero attached hydrogens (tertiary/aromatic N) is 3. The molecule has 3 atom stereocenters. The number of hydrogen-bond acceptors (Lipinski definition) is 8. The molecule has 0 aliphatic carbocycles. The second kappa shape index (κ2) is 14.0. The number of piperidine rings is 1. The van der Waals surface area contributed by atoms with E-state index in [1.165, 1.54) is 7.11 Å². The summed E-state index contributed by atoms with van der Waals surface area (Å²) in [4.78, 5) is 44.4. The van der Waals surface area contributed by atoms with Crippen LogP contribution in [0.5, 0.6) is 17.2 Å². The Labute approximate surface area is 236 Å². The van der Waals surface area contributed by atoms with Crippen LogP contribution < -0.4 is 14.2 Å². The zero-order chi connectivity index (χ0) is 28.6. The van der Waals surface area contributed by atoms with Crippen molar-refractivity contribution >= 4 is 17.8 Å². The summed E-state index contributed by atoms with van der Waals surface area (Å²) in [5.74, 6) is -0.628. The van der Waals surface area contributed by atoms with E-state index in [4.69, 9.17) is 14.2 Å². The van der Waals surface area contributed by atoms with E-state index in [1.54, 1.807) is 11.0 Å². The molecule has 222 valence electrons. The number of carboxylic acids is 1. The summed E-state index contributed by atoms with van der Waals surface area (Å²) in [6, 6.07) is 3.18. The number of rotatable bonds is 14. The first-order chi connectivity index (χ1) is 19.4. The van der Waals surface area contributed by atoms with Gasteiger partial charge in [0.15, 0.2) is 11.5 Å². The number of aliphatic hydroxyl groups excluding tert-OH is 1. The Hall–Kier alpha value is -3.05. The van der Waals surface area contributed by atoms with Crippen LogP contribution in [0.4, 0.5) is 0 Å². The number of methoxy groups -OCH3 is 1. The molecule has 2 fully saturated rings. The van der Waals surface area contributed by atoms with Crippen molar-refractivity contribution in [1.29, 1.82) is 0 Å². The molecule has 3 aliphatic rings. The van der Waals surface area contributed by atoms with Gasteiger partial charge in [-0.15, -0.1) is 0 Å². The SMILES string of the molecule is CCCCN(CCCO)C(=O)CN1CC(c2cc(OC)c3c(c2)OCO3)C(C(=O)O)C1CCN1CCCCC1=O. The first-order valence-corrected chi connectivity index (χ1v) is 14.5. The average molecular weight is 562 g/mol. The summed E-state index contributed by atoms with van der Waals surface area (Å²) in [6.07, 6.45) is 5.09. The Morgan fingerprint density at radius 1 is 1.18 bits per heavy atom. The fourth-order valence-corrected chi connectivity index (χ4v) is 6.19. The van der Waals surface area contributed by atoms with Crippen molar-refractivity contribution in [1.82, 2.24) is 14.7 Å². The van der Waals surface area contributed by atoms with Gasteiger partial charge in [0.05, 0.1) is 19.6 Å². The molecule has 11 nitrogen and oxygen atoms in total. The smallest absolute Gasteiger partial charge is 0.308 e. The van der Waals surface area contributed by atoms with Crippen molar-refractivity contribution in [2.45, 2.75) is 63.8 Å². The fraction of sp³-hybridized carbons (Fsp3) is 0.690. The number of aliphatic carboxylic acids is 1. The maximum Gasteiger partial charge on any atom is 0.308 e. The van der Waals surface area contributed by atoms with Crippen LogP contribution in [-0.4, -0.2) is 109 Å². The van der Waals surface area contributed by atoms with Gasteiger partial charge in [-0.3, -0.25) is 19.3 Å². The maximum atomic E-state index is 13.5. The zero-order valence-electron chi connectivity index (χ0n) is 23.7. The number of ether oxygens (including phenoxy) is 3. The molecular formula is C29H43N3O8. The molecule has 0 spiro atoms. The predicted octanol–water partition coefficient (Wildman–Crippen LogP) is 2.31. The van der Waals surface area contributed by atoms with Crippen LogP contribution in [0.25, 0.3) is 0 Å². The van der Waals surface area contributed by atoms with E-state index in [0.717, 1.165) is 31.2 Å². The lowest BCUT2D eigenvalue weighted by Gasteiger charge is -2.32. The molecule has 2 N–H and O–H groups in total. The molecule has 40 heavy (non-hydrogen) atoms. The third-order valence-electron chi connectivity index (χ3n) is 8.32. The molecule has 4 rings (SSSR count). The maximum absolute atomic E-state index is 13.5. The van der Waals surface area contributed by atoms with Gasteiger partial charge in [0, 0.05) is 57.7 Å². The van der Waals surface area contributed by atoms with Gasteiger partial charge in [0.25, 0.3) is 0 Å². The number of likely N-dealkylation sites (tertiary alicyclic amines) is 2. The summed E-state index contributed by atoms with van der Waals surface area (Å²) in [7, 11) is 1.53. The molecule has 0 radical (unpaired) electrons. The molecule has 1 aromatic carbocycles. The van der Waals surface area contributed by atoms with Crippen molar-refractivity contribution in [3.63, 3.8) is 0 Å². The lowest BCUT2D eigenvalue weighted by molar-refractivity contribution is -0.144. The average Bonchev–Trinajstić information content (AvgIpc) is 3.57. The van der Waals surface area contributed by atoms with Gasteiger partial charge < -0.3 is 34.2 Å². The molecule has 11 heteroatoms. The number of carbonyl (C=O) groups excluding carboxylic acids is 2. The van der Waals surface area contributed by atoms with E-state index in [0.29, 0.717) is 69.2 Å². The number of hydrogen-bond donors (Lipinski definition) is 2. The molecule has 2 saturated heterocycles. The second-order valence-electron chi connectivity index (χ2n) is 10.9. The molecular weight excluding hydrogens is 518 g/mol. The van der Waals surface area contributed by atoms with Gasteiger partial charge in [-0.1, -0.05) is 13.3 Å². The summed E-state index contributed by atoms with van der Waals surface area (Å²) in [5, 5.41) is 19.9. The summed E-state index contributed by atoms with van der Waals surface area (Å²) < 4.78 is 16.7. The van der Waals surface area contributed by atoms with Crippen molar-refractivity contribution in [2.75, 3.05) is 59.8 Å². The van der Waals surface area contributed by atoms with E-state index >= 15 is 0 Å². The Kier molecular flexibility index (Phi) is 10.5. The molecule has 0 saturated carbocycles. The van der Waals surface area contributed by atoms with E-state index < -0.39 is 23.8 Å². The topological polar surface area (TPSA) is 129 Å². The summed E-state index contributed by atoms with van der Waals surface area (Å²) in [5.41, 5.74) is 0.755. The van der Waals surface area contributed by atoms with E-state index in [2.05, 4.69) is 6.92 Å². The van der Waals surface area contributed by atoms with Crippen molar-refractivity contribution in [3.05, 3.63) is 17.7 Å². The van der Waals surface area contributed by atoms with Crippen molar-refractivity contribution in [2.24, 2.45) is 5.92 Å². The van der Waals surface area contributed by atoms with E-state index in [9.17, 15) is 24.6 Å². The van der Waals surface area contributed by atoms with Crippen LogP contribution in [-0.2, 0) is 14.4 Å². The number of carbonyl (C=O) groups is 3. The minimum absolute atomic E-state index is 0.00121. The van der Waals surface area contributed by atoms with Gasteiger partial charge in [-0.05, 0) is 49.8 Å². The predicted molar refractivity (Wildman–Crippen MR) is 147 cm³/mol. The Morgan fingerprint density at radius 3 is 2.67 bits per heavy atom. The first kappa shape index (κ1) is 29.9. The van der Waals surface area contributed by atoms with Crippen molar-refractivity contribution < 1.29 is 38.8 Å². The molecule has 1 aromatic rings. The molecule has 0 aromatic heterocycles. The minimum atomic E-state index is -0.935. The normalized spacial score (nSPS) is 22.5. The zero-order valence-corrected chi connectivity index (χ0v) is 23.7. The molecule has 2 amide bonds. The molecule has 3 aliphatic heterocycles. The van der Waals surface area contributed by atoms with Crippen LogP contribution in [0.2, 0.25) is 0 Å². The number of aliphatic hydroxyl groups is 1. The van der Waals surface area contributed by atoms with Gasteiger partial charge in [0.1, 0.15) is 0 Å². The van der Waals surface area contributed by atoms with Crippen molar-refractivity contribution in [3.8, 4) is 17.2 Å². The standard InChI is InChI=1S/C29H43N3O8/c1-3-4-10-30(12-7-14-33)26(35)18-32-17-21(20-15-23(38-2)28-24(16-20)39-19-40-28)27(29(36)37)22(32)9-13-31-11-6-5-8-25(31)34/h15-16,21-22,27,33H,3-14,17-19H2,1-2H3,(H,36,37). The number of fused-ring (bicyclic) bond motifs is 1. The van der Waals surface area contributed by atoms with E-state index in [1.807, 2.05) is 15.9 Å². The monoisotopic (exact) mass is 561 g/mol. The third-order valence-corrected chi connectivity index (χ3v) is 8.32. The van der Waals surface area contributed by atoms with Crippen LogP contribution in [0.3, 0.4) is 0 Å². The Balaban J connectivity index is 1.62. The lowest BCUT2D eigenvalue weighted by Crippen LogP contribution is -2.46. The third kappa shape index (κ3) is 6.80. The van der Waals surface area contributed by atoms with Crippen LogP contribution >= 0.6 is 0 Å². The number of carboxylic acid groups (broad SMARTS) is 1. The lowest BCUT2D eigenvalue weighted by atomic mass is 9.84. The second-order valence-corrected chi connectivity index (χ2v) is 10.9. The molecule has 3 unspecified atom stereocenters. The minimum Gasteiger partial charge on any atom is -0.493 e. The van der Waals surface area contributed by atoms with Crippen LogP contribution in [0.1, 0.15) is 63.4 Å². The highest BCUT2D eigenvalue weighted by Crippen LogP contribution is 2.47. The Morgan fingerprint density at radius 2 is 1.98 bits per heavy atom. The first-order valence-electron chi connectivity index (χ1n) is 14.5. The quantitative estimate of drug-likeness (QED) is 0.352.